The van der Waals surface area contributed by atoms with Crippen molar-refractivity contribution in [1.82, 2.24) is 4.90 Å². The third-order valence-corrected chi connectivity index (χ3v) is 5.60. The summed E-state index contributed by atoms with van der Waals surface area (Å²) in [6.07, 6.45) is -8.30. The summed E-state index contributed by atoms with van der Waals surface area (Å²) in [6, 6.07) is 7.21. The highest BCUT2D eigenvalue weighted by Crippen LogP contribution is 2.15. The molecule has 0 fully saturated rings. The molecule has 10 N–H and O–H groups in total. The van der Waals surface area contributed by atoms with E-state index in [0.29, 0.717) is 11.5 Å². The SMILES string of the molecule is OC[C@@H](O)C(O)=C[C@H](O)C(O)=CCN(CCOc1cccc(CS)c1)C[C@@H](O)[C@@H](O)[C@H](O)[C@H](O)CO. The molecule has 0 unspecified atom stereocenters. The van der Waals surface area contributed by atoms with E-state index in [-0.39, 0.29) is 26.2 Å². The van der Waals surface area contributed by atoms with Crippen molar-refractivity contribution in [3.8, 4) is 5.75 Å². The average molecular weight is 536 g/mol. The Morgan fingerprint density at radius 2 is 1.61 bits per heavy atom. The van der Waals surface area contributed by atoms with Gasteiger partial charge in [-0.1, -0.05) is 12.1 Å². The van der Waals surface area contributed by atoms with Gasteiger partial charge < -0.3 is 55.8 Å². The van der Waals surface area contributed by atoms with E-state index in [1.807, 2.05) is 6.07 Å². The zero-order valence-electron chi connectivity index (χ0n) is 19.7. The third-order valence-electron chi connectivity index (χ3n) is 5.23. The third kappa shape index (κ3) is 11.0. The quantitative estimate of drug-likeness (QED) is 0.0759. The summed E-state index contributed by atoms with van der Waals surface area (Å²) in [7, 11) is 0. The second-order valence-electron chi connectivity index (χ2n) is 8.08. The first-order valence-electron chi connectivity index (χ1n) is 11.2. The second-order valence-corrected chi connectivity index (χ2v) is 8.39. The van der Waals surface area contributed by atoms with Crippen molar-refractivity contribution in [3.05, 3.63) is 53.5 Å². The molecule has 6 atom stereocenters. The molecule has 0 spiro atoms. The van der Waals surface area contributed by atoms with Crippen molar-refractivity contribution in [1.29, 1.82) is 0 Å². The Morgan fingerprint density at radius 3 is 2.22 bits per heavy atom. The highest BCUT2D eigenvalue weighted by molar-refractivity contribution is 7.79. The molecule has 1 aromatic rings. The van der Waals surface area contributed by atoms with Crippen LogP contribution in [0.2, 0.25) is 0 Å². The van der Waals surface area contributed by atoms with Crippen LogP contribution in [0.3, 0.4) is 0 Å². The fourth-order valence-corrected chi connectivity index (χ4v) is 3.21. The Labute approximate surface area is 214 Å². The van der Waals surface area contributed by atoms with Crippen LogP contribution in [0.4, 0.5) is 0 Å². The molecule has 0 amide bonds. The van der Waals surface area contributed by atoms with Crippen molar-refractivity contribution < 1.29 is 55.8 Å². The van der Waals surface area contributed by atoms with E-state index in [9.17, 15) is 40.9 Å². The molecule has 0 aliphatic rings. The minimum absolute atomic E-state index is 0.0947. The summed E-state index contributed by atoms with van der Waals surface area (Å²) in [5.74, 6) is -0.264. The van der Waals surface area contributed by atoms with Gasteiger partial charge in [0, 0.05) is 25.4 Å². The number of nitrogens with zero attached hydrogens (tertiary/aromatic N) is 1. The van der Waals surface area contributed by atoms with E-state index in [1.54, 1.807) is 18.2 Å². The minimum atomic E-state index is -1.82. The predicted octanol–water partition coefficient (Wildman–Crippen LogP) is -2.17. The molecule has 0 saturated carbocycles. The molecule has 1 aromatic carbocycles. The number of ether oxygens (including phenoxy) is 1. The van der Waals surface area contributed by atoms with Gasteiger partial charge in [0.05, 0.1) is 19.3 Å². The van der Waals surface area contributed by atoms with Crippen molar-refractivity contribution in [2.75, 3.05) is 39.5 Å². The van der Waals surface area contributed by atoms with E-state index < -0.39 is 61.4 Å². The number of aliphatic hydroxyl groups is 10. The molecule has 0 bridgehead atoms. The molecule has 0 heterocycles. The Bertz CT molecular complexity index is 825. The lowest BCUT2D eigenvalue weighted by Gasteiger charge is -2.30. The molecule has 0 radical (unpaired) electrons. The molecule has 12 nitrogen and oxygen atoms in total. The minimum Gasteiger partial charge on any atom is -0.510 e. The monoisotopic (exact) mass is 535 g/mol. The molecule has 0 aliphatic heterocycles. The van der Waals surface area contributed by atoms with Crippen LogP contribution in [0, 0.1) is 0 Å². The first kappa shape index (κ1) is 32.1. The molecule has 36 heavy (non-hydrogen) atoms. The number of aliphatic hydroxyl groups excluding tert-OH is 10. The van der Waals surface area contributed by atoms with Crippen molar-refractivity contribution in [3.63, 3.8) is 0 Å². The van der Waals surface area contributed by atoms with Gasteiger partial charge in [0.15, 0.2) is 0 Å². The van der Waals surface area contributed by atoms with Crippen molar-refractivity contribution in [2.24, 2.45) is 0 Å². The first-order valence-corrected chi connectivity index (χ1v) is 11.8. The molecular formula is C23H37NO11S. The van der Waals surface area contributed by atoms with Gasteiger partial charge in [-0.05, 0) is 29.8 Å². The highest BCUT2D eigenvalue weighted by atomic mass is 32.1. The lowest BCUT2D eigenvalue weighted by atomic mass is 10.0. The Morgan fingerprint density at radius 1 is 0.944 bits per heavy atom. The molecule has 0 saturated heterocycles. The Hall–Kier alpha value is -1.91. The van der Waals surface area contributed by atoms with E-state index in [1.165, 1.54) is 4.90 Å². The zero-order chi connectivity index (χ0) is 27.3. The largest absolute Gasteiger partial charge is 0.510 e. The summed E-state index contributed by atoms with van der Waals surface area (Å²) in [5.41, 5.74) is 0.937. The average Bonchev–Trinajstić information content (AvgIpc) is 2.89. The highest BCUT2D eigenvalue weighted by Gasteiger charge is 2.31. The van der Waals surface area contributed by atoms with Crippen LogP contribution in [0.15, 0.2) is 47.9 Å². The van der Waals surface area contributed by atoms with E-state index in [0.717, 1.165) is 17.7 Å². The van der Waals surface area contributed by atoms with Crippen LogP contribution in [0.5, 0.6) is 5.75 Å². The van der Waals surface area contributed by atoms with Crippen LogP contribution in [-0.2, 0) is 5.75 Å². The predicted molar refractivity (Wildman–Crippen MR) is 133 cm³/mol. The number of hydrogen-bond acceptors (Lipinski definition) is 13. The van der Waals surface area contributed by atoms with Crippen LogP contribution < -0.4 is 4.74 Å². The molecule has 1 rings (SSSR count). The van der Waals surface area contributed by atoms with E-state index >= 15 is 0 Å². The van der Waals surface area contributed by atoms with Crippen LogP contribution in [0.1, 0.15) is 5.56 Å². The maximum absolute atomic E-state index is 10.3. The summed E-state index contributed by atoms with van der Waals surface area (Å²) in [5, 5.41) is 96.6. The van der Waals surface area contributed by atoms with Gasteiger partial charge in [-0.15, -0.1) is 0 Å². The van der Waals surface area contributed by atoms with Crippen molar-refractivity contribution in [2.45, 2.75) is 42.4 Å². The van der Waals surface area contributed by atoms with Crippen LogP contribution >= 0.6 is 12.6 Å². The van der Waals surface area contributed by atoms with Crippen LogP contribution in [0.25, 0.3) is 0 Å². The first-order chi connectivity index (χ1) is 17.0. The summed E-state index contributed by atoms with van der Waals surface area (Å²) in [4.78, 5) is 1.50. The Kier molecular flexibility index (Phi) is 15.0. The smallest absolute Gasteiger partial charge is 0.133 e. The van der Waals surface area contributed by atoms with Gasteiger partial charge in [-0.2, -0.15) is 12.6 Å². The topological polar surface area (TPSA) is 215 Å². The molecule has 0 aromatic heterocycles. The number of rotatable bonds is 17. The molecule has 206 valence electrons. The fraction of sp³-hybridized carbons (Fsp3) is 0.565. The van der Waals surface area contributed by atoms with Crippen molar-refractivity contribution >= 4 is 12.6 Å². The number of thiol groups is 1. The summed E-state index contributed by atoms with van der Waals surface area (Å²) in [6.45, 7) is -1.71. The lowest BCUT2D eigenvalue weighted by molar-refractivity contribution is -0.119. The second kappa shape index (κ2) is 16.8. The fourth-order valence-electron chi connectivity index (χ4n) is 3.01. The molecule has 0 aliphatic carbocycles. The van der Waals surface area contributed by atoms with Crippen LogP contribution in [-0.4, -0.2) is 132 Å². The van der Waals surface area contributed by atoms with Gasteiger partial charge in [0.25, 0.3) is 0 Å². The van der Waals surface area contributed by atoms with Gasteiger partial charge in [-0.3, -0.25) is 4.90 Å². The lowest BCUT2D eigenvalue weighted by Crippen LogP contribution is -2.50. The van der Waals surface area contributed by atoms with Gasteiger partial charge in [0.2, 0.25) is 0 Å². The maximum atomic E-state index is 10.3. The molecular weight excluding hydrogens is 498 g/mol. The number of benzene rings is 1. The van der Waals surface area contributed by atoms with Gasteiger partial charge in [0.1, 0.15) is 54.4 Å². The standard InChI is InChI=1S/C23H37NO11S/c25-11-20(31)18(29)9-17(28)16(27)4-5-24(10-19(30)22(33)23(34)21(32)12-26)6-7-35-15-3-1-2-14(8-15)13-36/h1-4,8-9,17,19-23,25-34,36H,5-7,10-13H2/t17-,19+,20+,21+,22+,23+/m0/s1. The van der Waals surface area contributed by atoms with Gasteiger partial charge >= 0.3 is 0 Å². The number of hydrogen-bond donors (Lipinski definition) is 11. The summed E-state index contributed by atoms with van der Waals surface area (Å²) < 4.78 is 5.70. The molecule has 13 heteroatoms. The normalized spacial score (nSPS) is 17.9. The summed E-state index contributed by atoms with van der Waals surface area (Å²) >= 11 is 4.21. The van der Waals surface area contributed by atoms with E-state index in [4.69, 9.17) is 14.9 Å². The zero-order valence-corrected chi connectivity index (χ0v) is 20.5. The van der Waals surface area contributed by atoms with E-state index in [2.05, 4.69) is 12.6 Å². The van der Waals surface area contributed by atoms with Gasteiger partial charge in [-0.25, -0.2) is 0 Å². The maximum Gasteiger partial charge on any atom is 0.133 e. The Balaban J connectivity index is 2.91.